The summed E-state index contributed by atoms with van der Waals surface area (Å²) in [7, 11) is 0. The number of carbonyl (C=O) groups excluding carboxylic acids is 1. The van der Waals surface area contributed by atoms with E-state index in [0.29, 0.717) is 11.7 Å². The van der Waals surface area contributed by atoms with Crippen LogP contribution in [0.3, 0.4) is 0 Å². The molecular formula is C11H13N3OS. The number of anilines is 1. The quantitative estimate of drug-likeness (QED) is 0.886. The molecule has 2 rings (SSSR count). The van der Waals surface area contributed by atoms with E-state index in [4.69, 9.17) is 0 Å². The topological polar surface area (TPSA) is 46.9 Å². The summed E-state index contributed by atoms with van der Waals surface area (Å²) in [6, 6.07) is 4.01. The number of nitrogens with one attached hydrogen (secondary N) is 1. The fourth-order valence-corrected chi connectivity index (χ4v) is 2.08. The van der Waals surface area contributed by atoms with E-state index in [0.717, 1.165) is 11.4 Å². The zero-order valence-electron chi connectivity index (χ0n) is 9.23. The number of aromatic nitrogens is 2. The lowest BCUT2D eigenvalue weighted by atomic mass is 10.4. The molecule has 0 spiro atoms. The van der Waals surface area contributed by atoms with Crippen LogP contribution in [0.15, 0.2) is 23.7 Å². The molecule has 0 radical (unpaired) electrons. The van der Waals surface area contributed by atoms with Gasteiger partial charge in [0.05, 0.1) is 0 Å². The van der Waals surface area contributed by atoms with Crippen molar-refractivity contribution in [2.24, 2.45) is 0 Å². The molecule has 0 saturated heterocycles. The van der Waals surface area contributed by atoms with Gasteiger partial charge >= 0.3 is 0 Å². The molecule has 0 bridgehead atoms. The third kappa shape index (κ3) is 2.30. The molecule has 4 nitrogen and oxygen atoms in total. The van der Waals surface area contributed by atoms with Crippen LogP contribution in [0.1, 0.15) is 11.4 Å². The highest BCUT2D eigenvalue weighted by molar-refractivity contribution is 7.13. The number of carbonyl (C=O) groups is 1. The van der Waals surface area contributed by atoms with Crippen LogP contribution in [0.25, 0.3) is 0 Å². The van der Waals surface area contributed by atoms with E-state index in [1.807, 2.05) is 35.9 Å². The minimum Gasteiger partial charge on any atom is -0.340 e. The number of amides is 1. The van der Waals surface area contributed by atoms with Gasteiger partial charge in [0.25, 0.3) is 0 Å². The number of hydrogen-bond acceptors (Lipinski definition) is 3. The highest BCUT2D eigenvalue weighted by Gasteiger charge is 2.08. The summed E-state index contributed by atoms with van der Waals surface area (Å²) in [5.74, 6) is -0.0441. The van der Waals surface area contributed by atoms with Gasteiger partial charge in [-0.25, -0.2) is 4.98 Å². The number of nitrogens with zero attached hydrogens (tertiary/aromatic N) is 2. The standard InChI is InChI=1S/C11H13N3OS/c1-8-3-4-9(2)14(8)7-10(15)13-11-12-5-6-16-11/h3-6H,7H2,1-2H3,(H,12,13,15). The molecule has 0 aliphatic carbocycles. The van der Waals surface area contributed by atoms with Crippen molar-refractivity contribution in [3.05, 3.63) is 35.1 Å². The summed E-state index contributed by atoms with van der Waals surface area (Å²) < 4.78 is 1.98. The van der Waals surface area contributed by atoms with Gasteiger partial charge in [0.1, 0.15) is 6.54 Å². The monoisotopic (exact) mass is 235 g/mol. The van der Waals surface area contributed by atoms with E-state index in [2.05, 4.69) is 10.3 Å². The summed E-state index contributed by atoms with van der Waals surface area (Å²) in [5, 5.41) is 5.24. The number of thiazole rings is 1. The van der Waals surface area contributed by atoms with Gasteiger partial charge in [-0.3, -0.25) is 4.79 Å². The SMILES string of the molecule is Cc1ccc(C)n1CC(=O)Nc1nccs1. The lowest BCUT2D eigenvalue weighted by molar-refractivity contribution is -0.116. The summed E-state index contributed by atoms with van der Waals surface area (Å²) in [4.78, 5) is 15.7. The Labute approximate surface area is 97.9 Å². The van der Waals surface area contributed by atoms with Crippen LogP contribution in [-0.4, -0.2) is 15.5 Å². The first-order valence-electron chi connectivity index (χ1n) is 4.99. The third-order valence-electron chi connectivity index (χ3n) is 2.40. The van der Waals surface area contributed by atoms with Crippen molar-refractivity contribution in [2.75, 3.05) is 5.32 Å². The highest BCUT2D eigenvalue weighted by atomic mass is 32.1. The summed E-state index contributed by atoms with van der Waals surface area (Å²) in [5.41, 5.74) is 2.18. The van der Waals surface area contributed by atoms with Gasteiger partial charge in [-0.2, -0.15) is 0 Å². The minimum atomic E-state index is -0.0441. The lowest BCUT2D eigenvalue weighted by Gasteiger charge is -2.08. The minimum absolute atomic E-state index is 0.0441. The maximum absolute atomic E-state index is 11.7. The molecule has 2 aromatic heterocycles. The second-order valence-electron chi connectivity index (χ2n) is 3.59. The molecule has 0 atom stereocenters. The highest BCUT2D eigenvalue weighted by Crippen LogP contribution is 2.11. The number of hydrogen-bond donors (Lipinski definition) is 1. The Balaban J connectivity index is 2.03. The van der Waals surface area contributed by atoms with Crippen LogP contribution in [0.5, 0.6) is 0 Å². The first-order valence-corrected chi connectivity index (χ1v) is 5.87. The van der Waals surface area contributed by atoms with Crippen LogP contribution in [0, 0.1) is 13.8 Å². The predicted molar refractivity (Wildman–Crippen MR) is 64.6 cm³/mol. The smallest absolute Gasteiger partial charge is 0.246 e. The second-order valence-corrected chi connectivity index (χ2v) is 4.48. The van der Waals surface area contributed by atoms with Crippen LogP contribution in [-0.2, 0) is 11.3 Å². The summed E-state index contributed by atoms with van der Waals surface area (Å²) in [6.45, 7) is 4.32. The van der Waals surface area contributed by atoms with Gasteiger partial charge in [-0.15, -0.1) is 11.3 Å². The maximum atomic E-state index is 11.7. The average Bonchev–Trinajstić information content (AvgIpc) is 2.83. The van der Waals surface area contributed by atoms with Crippen molar-refractivity contribution >= 4 is 22.4 Å². The van der Waals surface area contributed by atoms with Crippen LogP contribution < -0.4 is 5.32 Å². The molecule has 1 N–H and O–H groups in total. The van der Waals surface area contributed by atoms with Gasteiger partial charge in [0, 0.05) is 23.0 Å². The Morgan fingerprint density at radius 3 is 2.69 bits per heavy atom. The van der Waals surface area contributed by atoms with E-state index < -0.39 is 0 Å². The molecule has 5 heteroatoms. The fourth-order valence-electron chi connectivity index (χ4n) is 1.54. The zero-order valence-corrected chi connectivity index (χ0v) is 10.0. The molecule has 0 aliphatic rings. The van der Waals surface area contributed by atoms with Crippen molar-refractivity contribution in [2.45, 2.75) is 20.4 Å². The Hall–Kier alpha value is -1.62. The molecule has 2 heterocycles. The zero-order chi connectivity index (χ0) is 11.5. The Kier molecular flexibility index (Phi) is 3.05. The second kappa shape index (κ2) is 4.49. The first kappa shape index (κ1) is 10.9. The molecule has 0 unspecified atom stereocenters. The van der Waals surface area contributed by atoms with E-state index >= 15 is 0 Å². The van der Waals surface area contributed by atoms with Gasteiger partial charge in [0.2, 0.25) is 5.91 Å². The van der Waals surface area contributed by atoms with E-state index in [9.17, 15) is 4.79 Å². The molecule has 0 aliphatic heterocycles. The Bertz CT molecular complexity index is 468. The molecule has 1 amide bonds. The fraction of sp³-hybridized carbons (Fsp3) is 0.273. The molecule has 16 heavy (non-hydrogen) atoms. The van der Waals surface area contributed by atoms with Crippen LogP contribution in [0.4, 0.5) is 5.13 Å². The normalized spacial score (nSPS) is 10.4. The van der Waals surface area contributed by atoms with Gasteiger partial charge in [-0.05, 0) is 26.0 Å². The maximum Gasteiger partial charge on any atom is 0.246 e. The first-order chi connectivity index (χ1) is 7.66. The number of aryl methyl sites for hydroxylation is 2. The molecule has 0 fully saturated rings. The summed E-state index contributed by atoms with van der Waals surface area (Å²) >= 11 is 1.42. The Morgan fingerprint density at radius 1 is 1.44 bits per heavy atom. The van der Waals surface area contributed by atoms with Gasteiger partial charge < -0.3 is 9.88 Å². The lowest BCUT2D eigenvalue weighted by Crippen LogP contribution is -2.19. The molecule has 0 saturated carbocycles. The number of rotatable bonds is 3. The molecule has 84 valence electrons. The van der Waals surface area contributed by atoms with Crippen molar-refractivity contribution in [1.82, 2.24) is 9.55 Å². The van der Waals surface area contributed by atoms with Crippen molar-refractivity contribution in [1.29, 1.82) is 0 Å². The average molecular weight is 235 g/mol. The van der Waals surface area contributed by atoms with E-state index in [1.165, 1.54) is 11.3 Å². The third-order valence-corrected chi connectivity index (χ3v) is 3.09. The van der Waals surface area contributed by atoms with E-state index in [-0.39, 0.29) is 5.91 Å². The molecule has 0 aromatic carbocycles. The van der Waals surface area contributed by atoms with Crippen LogP contribution >= 0.6 is 11.3 Å². The Morgan fingerprint density at radius 2 is 2.12 bits per heavy atom. The van der Waals surface area contributed by atoms with Crippen molar-refractivity contribution in [3.63, 3.8) is 0 Å². The van der Waals surface area contributed by atoms with Crippen LogP contribution in [0.2, 0.25) is 0 Å². The van der Waals surface area contributed by atoms with Gasteiger partial charge in [-0.1, -0.05) is 0 Å². The largest absolute Gasteiger partial charge is 0.340 e. The predicted octanol–water partition coefficient (Wildman–Crippen LogP) is 2.20. The van der Waals surface area contributed by atoms with E-state index in [1.54, 1.807) is 6.20 Å². The van der Waals surface area contributed by atoms with Crippen molar-refractivity contribution < 1.29 is 4.79 Å². The van der Waals surface area contributed by atoms with Crippen molar-refractivity contribution in [3.8, 4) is 0 Å². The summed E-state index contributed by atoms with van der Waals surface area (Å²) in [6.07, 6.45) is 1.67. The van der Waals surface area contributed by atoms with Gasteiger partial charge in [0.15, 0.2) is 5.13 Å². The molecule has 2 aromatic rings. The molecular weight excluding hydrogens is 222 g/mol.